The van der Waals surface area contributed by atoms with E-state index in [0.29, 0.717) is 12.2 Å². The molecule has 122 valence electrons. The van der Waals surface area contributed by atoms with Gasteiger partial charge < -0.3 is 20.5 Å². The van der Waals surface area contributed by atoms with Crippen LogP contribution in [0.4, 0.5) is 10.1 Å². The topological polar surface area (TPSA) is 68.9 Å². The first-order valence-electron chi connectivity index (χ1n) is 7.07. The second-order valence-electron chi connectivity index (χ2n) is 4.98. The molecule has 0 atom stereocenters. The molecule has 6 heteroatoms. The minimum atomic E-state index is -0.462. The van der Waals surface area contributed by atoms with E-state index in [9.17, 15) is 4.39 Å². The van der Waals surface area contributed by atoms with Crippen molar-refractivity contribution in [2.45, 2.75) is 13.5 Å². The average Bonchev–Trinajstić information content (AvgIpc) is 2.53. The summed E-state index contributed by atoms with van der Waals surface area (Å²) in [6.07, 6.45) is 0. The maximum atomic E-state index is 13.6. The summed E-state index contributed by atoms with van der Waals surface area (Å²) in [7, 11) is 3.05. The number of guanidine groups is 1. The van der Waals surface area contributed by atoms with E-state index >= 15 is 0 Å². The van der Waals surface area contributed by atoms with Crippen LogP contribution in [0.3, 0.4) is 0 Å². The van der Waals surface area contributed by atoms with Gasteiger partial charge in [0.15, 0.2) is 17.5 Å². The van der Waals surface area contributed by atoms with Crippen LogP contribution in [-0.2, 0) is 6.54 Å². The maximum absolute atomic E-state index is 13.6. The molecule has 0 aliphatic rings. The van der Waals surface area contributed by atoms with Crippen LogP contribution >= 0.6 is 0 Å². The fourth-order valence-corrected chi connectivity index (χ4v) is 2.15. The highest BCUT2D eigenvalue weighted by molar-refractivity contribution is 5.92. The zero-order valence-electron chi connectivity index (χ0n) is 13.4. The van der Waals surface area contributed by atoms with Crippen LogP contribution in [0, 0.1) is 12.7 Å². The smallest absolute Gasteiger partial charge is 0.193 e. The Morgan fingerprint density at radius 3 is 2.43 bits per heavy atom. The highest BCUT2D eigenvalue weighted by Crippen LogP contribution is 2.21. The third kappa shape index (κ3) is 4.35. The molecule has 0 aliphatic carbocycles. The van der Waals surface area contributed by atoms with E-state index in [1.807, 2.05) is 25.1 Å². The SMILES string of the molecule is COc1ccc(CN=C(N)Nc2ccc(OC)c(F)c2)cc1C. The van der Waals surface area contributed by atoms with E-state index < -0.39 is 5.82 Å². The lowest BCUT2D eigenvalue weighted by Gasteiger charge is -2.09. The Morgan fingerprint density at radius 1 is 1.13 bits per heavy atom. The van der Waals surface area contributed by atoms with Gasteiger partial charge in [0, 0.05) is 11.8 Å². The maximum Gasteiger partial charge on any atom is 0.193 e. The molecule has 0 saturated carbocycles. The molecule has 0 saturated heterocycles. The zero-order chi connectivity index (χ0) is 16.8. The van der Waals surface area contributed by atoms with Gasteiger partial charge in [-0.05, 0) is 36.2 Å². The van der Waals surface area contributed by atoms with Crippen molar-refractivity contribution in [1.29, 1.82) is 0 Å². The largest absolute Gasteiger partial charge is 0.496 e. The summed E-state index contributed by atoms with van der Waals surface area (Å²) in [5.41, 5.74) is 8.38. The fraction of sp³-hybridized carbons (Fsp3) is 0.235. The van der Waals surface area contributed by atoms with Gasteiger partial charge in [-0.1, -0.05) is 12.1 Å². The lowest BCUT2D eigenvalue weighted by molar-refractivity contribution is 0.387. The minimum absolute atomic E-state index is 0.180. The van der Waals surface area contributed by atoms with Crippen LogP contribution in [0.15, 0.2) is 41.4 Å². The fourth-order valence-electron chi connectivity index (χ4n) is 2.15. The molecule has 0 bridgehead atoms. The number of methoxy groups -OCH3 is 2. The standard InChI is InChI=1S/C17H20FN3O2/c1-11-8-12(4-6-15(11)22-2)10-20-17(19)21-13-5-7-16(23-3)14(18)9-13/h4-9H,10H2,1-3H3,(H3,19,20,21). The molecule has 0 unspecified atom stereocenters. The van der Waals surface area contributed by atoms with Gasteiger partial charge in [0.2, 0.25) is 0 Å². The van der Waals surface area contributed by atoms with Crippen LogP contribution < -0.4 is 20.5 Å². The van der Waals surface area contributed by atoms with Crippen molar-refractivity contribution >= 4 is 11.6 Å². The van der Waals surface area contributed by atoms with Crippen molar-refractivity contribution in [2.75, 3.05) is 19.5 Å². The first kappa shape index (κ1) is 16.6. The molecule has 0 aliphatic heterocycles. The van der Waals surface area contributed by atoms with Gasteiger partial charge >= 0.3 is 0 Å². The predicted molar refractivity (Wildman–Crippen MR) is 89.6 cm³/mol. The molecule has 0 aromatic heterocycles. The molecule has 23 heavy (non-hydrogen) atoms. The predicted octanol–water partition coefficient (Wildman–Crippen LogP) is 3.08. The van der Waals surface area contributed by atoms with Gasteiger partial charge in [-0.15, -0.1) is 0 Å². The second kappa shape index (κ2) is 7.49. The molecule has 0 heterocycles. The number of nitrogens with zero attached hydrogens (tertiary/aromatic N) is 1. The third-order valence-electron chi connectivity index (χ3n) is 3.32. The first-order valence-corrected chi connectivity index (χ1v) is 7.07. The van der Waals surface area contributed by atoms with Crippen LogP contribution in [0.1, 0.15) is 11.1 Å². The number of hydrogen-bond acceptors (Lipinski definition) is 3. The summed E-state index contributed by atoms with van der Waals surface area (Å²) in [5, 5.41) is 2.85. The molecular formula is C17H20FN3O2. The Morgan fingerprint density at radius 2 is 1.83 bits per heavy atom. The lowest BCUT2D eigenvalue weighted by Crippen LogP contribution is -2.22. The van der Waals surface area contributed by atoms with Gasteiger partial charge in [0.05, 0.1) is 20.8 Å². The highest BCUT2D eigenvalue weighted by atomic mass is 19.1. The number of halogens is 1. The number of rotatable bonds is 5. The zero-order valence-corrected chi connectivity index (χ0v) is 13.4. The lowest BCUT2D eigenvalue weighted by atomic mass is 10.1. The van der Waals surface area contributed by atoms with Crippen LogP contribution in [0.5, 0.6) is 11.5 Å². The van der Waals surface area contributed by atoms with Crippen LogP contribution in [0.2, 0.25) is 0 Å². The number of anilines is 1. The molecule has 0 amide bonds. The number of aryl methyl sites for hydroxylation is 1. The summed E-state index contributed by atoms with van der Waals surface area (Å²) < 4.78 is 23.7. The summed E-state index contributed by atoms with van der Waals surface area (Å²) in [4.78, 5) is 4.25. The van der Waals surface area contributed by atoms with Gasteiger partial charge in [-0.2, -0.15) is 0 Å². The second-order valence-corrected chi connectivity index (χ2v) is 4.98. The molecule has 0 spiro atoms. The van der Waals surface area contributed by atoms with Gasteiger partial charge in [-0.3, -0.25) is 0 Å². The number of aliphatic imine (C=N–C) groups is 1. The van der Waals surface area contributed by atoms with Gasteiger partial charge in [-0.25, -0.2) is 9.38 Å². The summed E-state index contributed by atoms with van der Waals surface area (Å²) in [5.74, 6) is 0.761. The third-order valence-corrected chi connectivity index (χ3v) is 3.32. The minimum Gasteiger partial charge on any atom is -0.496 e. The Bertz CT molecular complexity index is 717. The van der Waals surface area contributed by atoms with Crippen molar-refractivity contribution in [3.05, 3.63) is 53.3 Å². The van der Waals surface area contributed by atoms with Crippen molar-refractivity contribution in [3.63, 3.8) is 0 Å². The van der Waals surface area contributed by atoms with Crippen LogP contribution in [0.25, 0.3) is 0 Å². The number of hydrogen-bond donors (Lipinski definition) is 2. The summed E-state index contributed by atoms with van der Waals surface area (Å²) in [6, 6.07) is 10.3. The monoisotopic (exact) mass is 317 g/mol. The van der Waals surface area contributed by atoms with Crippen molar-refractivity contribution in [3.8, 4) is 11.5 Å². The van der Waals surface area contributed by atoms with Crippen LogP contribution in [-0.4, -0.2) is 20.2 Å². The van der Waals surface area contributed by atoms with Gasteiger partial charge in [0.25, 0.3) is 0 Å². The summed E-state index contributed by atoms with van der Waals surface area (Å²) in [6.45, 7) is 2.39. The highest BCUT2D eigenvalue weighted by Gasteiger charge is 2.04. The normalized spacial score (nSPS) is 11.2. The quantitative estimate of drug-likeness (QED) is 0.657. The molecule has 2 aromatic carbocycles. The molecule has 0 fully saturated rings. The Kier molecular flexibility index (Phi) is 5.41. The first-order chi connectivity index (χ1) is 11.0. The average molecular weight is 317 g/mol. The number of nitrogens with one attached hydrogen (secondary N) is 1. The van der Waals surface area contributed by atoms with Crippen molar-refractivity contribution in [1.82, 2.24) is 0 Å². The number of ether oxygens (including phenoxy) is 2. The Balaban J connectivity index is 2.02. The molecular weight excluding hydrogens is 297 g/mol. The Hall–Kier alpha value is -2.76. The molecule has 3 N–H and O–H groups in total. The van der Waals surface area contributed by atoms with E-state index in [1.165, 1.54) is 19.2 Å². The van der Waals surface area contributed by atoms with Gasteiger partial charge in [0.1, 0.15) is 5.75 Å². The van der Waals surface area contributed by atoms with E-state index in [0.717, 1.165) is 16.9 Å². The van der Waals surface area contributed by atoms with E-state index in [2.05, 4.69) is 10.3 Å². The van der Waals surface area contributed by atoms with E-state index in [-0.39, 0.29) is 11.7 Å². The van der Waals surface area contributed by atoms with E-state index in [1.54, 1.807) is 13.2 Å². The molecule has 2 aromatic rings. The van der Waals surface area contributed by atoms with Crippen molar-refractivity contribution in [2.24, 2.45) is 10.7 Å². The molecule has 2 rings (SSSR count). The molecule has 5 nitrogen and oxygen atoms in total. The Labute approximate surface area is 134 Å². The molecule has 0 radical (unpaired) electrons. The number of nitrogens with two attached hydrogens (primary N) is 1. The van der Waals surface area contributed by atoms with Crippen molar-refractivity contribution < 1.29 is 13.9 Å². The number of benzene rings is 2. The van der Waals surface area contributed by atoms with E-state index in [4.69, 9.17) is 15.2 Å². The summed E-state index contributed by atoms with van der Waals surface area (Å²) >= 11 is 0.